The van der Waals surface area contributed by atoms with Crippen molar-refractivity contribution >= 4 is 28.9 Å². The minimum atomic E-state index is -0.209. The third-order valence-electron chi connectivity index (χ3n) is 1.53. The first-order chi connectivity index (χ1) is 5.74. The summed E-state index contributed by atoms with van der Waals surface area (Å²) >= 11 is 1.93. The van der Waals surface area contributed by atoms with Gasteiger partial charge in [-0.1, -0.05) is 6.07 Å². The molecule has 0 unspecified atom stereocenters. The van der Waals surface area contributed by atoms with Crippen LogP contribution < -0.4 is 0 Å². The largest absolute Gasteiger partial charge is 0.303 e. The van der Waals surface area contributed by atoms with Crippen molar-refractivity contribution in [2.75, 3.05) is 0 Å². The molecule has 0 saturated heterocycles. The van der Waals surface area contributed by atoms with Gasteiger partial charge < -0.3 is 4.79 Å². The lowest BCUT2D eigenvalue weighted by atomic mass is 10.1. The first-order valence-corrected chi connectivity index (χ1v) is 4.69. The van der Waals surface area contributed by atoms with Gasteiger partial charge in [0.05, 0.1) is 0 Å². The smallest absolute Gasteiger partial charge is 0.136 e. The van der Waals surface area contributed by atoms with Gasteiger partial charge in [-0.25, -0.2) is 4.39 Å². The first-order valence-electron chi connectivity index (χ1n) is 3.61. The molecule has 0 fully saturated rings. The molecule has 0 aliphatic rings. The average molecular weight is 278 g/mol. The van der Waals surface area contributed by atoms with E-state index < -0.39 is 0 Å². The van der Waals surface area contributed by atoms with Gasteiger partial charge in [0.2, 0.25) is 0 Å². The molecule has 1 rings (SSSR count). The Morgan fingerprint density at radius 1 is 1.50 bits per heavy atom. The predicted octanol–water partition coefficient (Wildman–Crippen LogP) is 2.56. The molecule has 1 nitrogen and oxygen atoms in total. The number of aldehydes is 1. The molecular weight excluding hydrogens is 270 g/mol. The van der Waals surface area contributed by atoms with Gasteiger partial charge in [-0.3, -0.25) is 0 Å². The lowest BCUT2D eigenvalue weighted by molar-refractivity contribution is -0.107. The summed E-state index contributed by atoms with van der Waals surface area (Å²) < 4.78 is 13.5. The van der Waals surface area contributed by atoms with Gasteiger partial charge in [-0.05, 0) is 46.7 Å². The van der Waals surface area contributed by atoms with Crippen LogP contribution in [0.3, 0.4) is 0 Å². The van der Waals surface area contributed by atoms with Crippen molar-refractivity contribution < 1.29 is 9.18 Å². The Morgan fingerprint density at radius 2 is 2.25 bits per heavy atom. The van der Waals surface area contributed by atoms with Crippen LogP contribution in [-0.2, 0) is 11.2 Å². The van der Waals surface area contributed by atoms with Gasteiger partial charge >= 0.3 is 0 Å². The molecular formula is C9H8FIO. The van der Waals surface area contributed by atoms with E-state index in [4.69, 9.17) is 0 Å². The van der Waals surface area contributed by atoms with Crippen molar-refractivity contribution in [1.29, 1.82) is 0 Å². The van der Waals surface area contributed by atoms with Crippen LogP contribution in [0.25, 0.3) is 0 Å². The van der Waals surface area contributed by atoms with E-state index in [-0.39, 0.29) is 5.82 Å². The third-order valence-corrected chi connectivity index (χ3v) is 2.41. The minimum Gasteiger partial charge on any atom is -0.303 e. The number of hydrogen-bond acceptors (Lipinski definition) is 1. The van der Waals surface area contributed by atoms with Crippen LogP contribution in [0.1, 0.15) is 12.0 Å². The summed E-state index contributed by atoms with van der Waals surface area (Å²) in [6.45, 7) is 0. The molecule has 0 N–H and O–H groups in total. The number of carbonyl (C=O) groups excluding carboxylic acids is 1. The van der Waals surface area contributed by atoms with E-state index in [1.807, 2.05) is 28.7 Å². The Balaban J connectivity index is 2.75. The van der Waals surface area contributed by atoms with E-state index in [0.29, 0.717) is 16.4 Å². The molecule has 1 aromatic rings. The van der Waals surface area contributed by atoms with E-state index in [0.717, 1.165) is 11.8 Å². The number of aryl methyl sites for hydroxylation is 1. The van der Waals surface area contributed by atoms with Crippen LogP contribution >= 0.6 is 22.6 Å². The van der Waals surface area contributed by atoms with E-state index in [9.17, 15) is 9.18 Å². The highest BCUT2D eigenvalue weighted by atomic mass is 127. The van der Waals surface area contributed by atoms with E-state index >= 15 is 0 Å². The Labute approximate surface area is 84.1 Å². The fourth-order valence-electron chi connectivity index (χ4n) is 0.921. The highest BCUT2D eigenvalue weighted by Crippen LogP contribution is 2.13. The Bertz CT molecular complexity index is 286. The molecule has 12 heavy (non-hydrogen) atoms. The molecule has 0 radical (unpaired) electrons. The maximum Gasteiger partial charge on any atom is 0.136 e. The molecule has 0 bridgehead atoms. The number of hydrogen-bond donors (Lipinski definition) is 0. The summed E-state index contributed by atoms with van der Waals surface area (Å²) in [6, 6.07) is 5.04. The fraction of sp³-hybridized carbons (Fsp3) is 0.222. The van der Waals surface area contributed by atoms with Gasteiger partial charge in [0.15, 0.2) is 0 Å². The summed E-state index contributed by atoms with van der Waals surface area (Å²) in [5.41, 5.74) is 0.875. The van der Waals surface area contributed by atoms with Gasteiger partial charge in [0.1, 0.15) is 12.1 Å². The molecule has 0 atom stereocenters. The van der Waals surface area contributed by atoms with Crippen LogP contribution in [0, 0.1) is 9.39 Å². The number of halogens is 2. The van der Waals surface area contributed by atoms with Gasteiger partial charge in [0.25, 0.3) is 0 Å². The lowest BCUT2D eigenvalue weighted by Gasteiger charge is -1.98. The average Bonchev–Trinajstić information content (AvgIpc) is 2.07. The van der Waals surface area contributed by atoms with Crippen LogP contribution in [0.15, 0.2) is 18.2 Å². The molecule has 0 heterocycles. The monoisotopic (exact) mass is 278 g/mol. The van der Waals surface area contributed by atoms with Crippen LogP contribution in [0.4, 0.5) is 4.39 Å². The molecule has 64 valence electrons. The summed E-state index contributed by atoms with van der Waals surface area (Å²) in [7, 11) is 0. The zero-order chi connectivity index (χ0) is 8.97. The topological polar surface area (TPSA) is 17.1 Å². The quantitative estimate of drug-likeness (QED) is 0.613. The predicted molar refractivity (Wildman–Crippen MR) is 53.5 cm³/mol. The van der Waals surface area contributed by atoms with Gasteiger partial charge in [-0.2, -0.15) is 0 Å². The second kappa shape index (κ2) is 4.54. The SMILES string of the molecule is O=CCCc1ccc(I)c(F)c1. The van der Waals surface area contributed by atoms with Crippen molar-refractivity contribution in [2.24, 2.45) is 0 Å². The van der Waals surface area contributed by atoms with Crippen molar-refractivity contribution in [2.45, 2.75) is 12.8 Å². The van der Waals surface area contributed by atoms with Crippen LogP contribution in [-0.4, -0.2) is 6.29 Å². The summed E-state index contributed by atoms with van der Waals surface area (Å²) in [5, 5.41) is 0. The highest BCUT2D eigenvalue weighted by molar-refractivity contribution is 14.1. The molecule has 0 aliphatic heterocycles. The lowest BCUT2D eigenvalue weighted by Crippen LogP contribution is -1.89. The van der Waals surface area contributed by atoms with E-state index in [2.05, 4.69) is 0 Å². The molecule has 1 aromatic carbocycles. The summed E-state index contributed by atoms with van der Waals surface area (Å²) in [4.78, 5) is 10.0. The molecule has 0 spiro atoms. The van der Waals surface area contributed by atoms with Crippen molar-refractivity contribution in [1.82, 2.24) is 0 Å². The second-order valence-corrected chi connectivity index (χ2v) is 3.62. The normalized spacial score (nSPS) is 9.83. The molecule has 0 saturated carbocycles. The molecule has 3 heteroatoms. The maximum atomic E-state index is 12.9. The number of carbonyl (C=O) groups is 1. The van der Waals surface area contributed by atoms with Crippen molar-refractivity contribution in [3.63, 3.8) is 0 Å². The molecule has 0 amide bonds. The zero-order valence-corrected chi connectivity index (χ0v) is 8.55. The molecule has 0 aromatic heterocycles. The van der Waals surface area contributed by atoms with E-state index in [1.54, 1.807) is 6.07 Å². The number of rotatable bonds is 3. The van der Waals surface area contributed by atoms with E-state index in [1.165, 1.54) is 6.07 Å². The zero-order valence-electron chi connectivity index (χ0n) is 6.39. The highest BCUT2D eigenvalue weighted by Gasteiger charge is 1.99. The first kappa shape index (κ1) is 9.64. The molecule has 0 aliphatic carbocycles. The standard InChI is InChI=1S/C9H8FIO/c10-8-6-7(2-1-5-12)3-4-9(8)11/h3-6H,1-2H2. The van der Waals surface area contributed by atoms with Gasteiger partial charge in [-0.15, -0.1) is 0 Å². The second-order valence-electron chi connectivity index (χ2n) is 2.45. The Morgan fingerprint density at radius 3 is 2.83 bits per heavy atom. The Kier molecular flexibility index (Phi) is 3.65. The van der Waals surface area contributed by atoms with Gasteiger partial charge in [0, 0.05) is 9.99 Å². The fourth-order valence-corrected chi connectivity index (χ4v) is 1.26. The van der Waals surface area contributed by atoms with Crippen LogP contribution in [0.5, 0.6) is 0 Å². The maximum absolute atomic E-state index is 12.9. The van der Waals surface area contributed by atoms with Crippen LogP contribution in [0.2, 0.25) is 0 Å². The number of benzene rings is 1. The van der Waals surface area contributed by atoms with Crippen molar-refractivity contribution in [3.8, 4) is 0 Å². The Hall–Kier alpha value is -0.450. The third kappa shape index (κ3) is 2.55. The van der Waals surface area contributed by atoms with Crippen molar-refractivity contribution in [3.05, 3.63) is 33.1 Å². The summed E-state index contributed by atoms with van der Waals surface area (Å²) in [6.07, 6.45) is 1.92. The minimum absolute atomic E-state index is 0.209. The summed E-state index contributed by atoms with van der Waals surface area (Å²) in [5.74, 6) is -0.209.